The summed E-state index contributed by atoms with van der Waals surface area (Å²) in [6.07, 6.45) is 2.26. The zero-order valence-electron chi connectivity index (χ0n) is 15.3. The summed E-state index contributed by atoms with van der Waals surface area (Å²) in [7, 11) is 0. The molecule has 0 radical (unpaired) electrons. The van der Waals surface area contributed by atoms with Gasteiger partial charge in [0.25, 0.3) is 5.95 Å². The molecule has 0 unspecified atom stereocenters. The fourth-order valence-electron chi connectivity index (χ4n) is 2.74. The molecular formula is C20H21BrN4O2. The van der Waals surface area contributed by atoms with Crippen LogP contribution in [0, 0.1) is 6.92 Å². The van der Waals surface area contributed by atoms with Crippen LogP contribution in [-0.2, 0) is 11.3 Å². The number of para-hydroxylation sites is 1. The normalized spacial score (nSPS) is 10.8. The number of hydroxylamine groups is 1. The molecule has 0 spiro atoms. The smallest absolute Gasteiger partial charge is 0.270 e. The lowest BCUT2D eigenvalue weighted by Gasteiger charge is -2.20. The maximum Gasteiger partial charge on any atom is 0.356 e. The molecule has 0 N–H and O–H groups in total. The molecule has 140 valence electrons. The standard InChI is InChI=1S/C20H21BrN4O2/c1-3-25(27-13-12-16-9-5-4-6-10-16)19-22-14-24(20(26)23-19)18-15(2)8-7-11-17(18)21/h4-11,14H,3,12-13H2,1-2H3. The van der Waals surface area contributed by atoms with Gasteiger partial charge in [-0.2, -0.15) is 4.98 Å². The summed E-state index contributed by atoms with van der Waals surface area (Å²) >= 11 is 3.49. The summed E-state index contributed by atoms with van der Waals surface area (Å²) in [5.74, 6) is 0.261. The van der Waals surface area contributed by atoms with E-state index in [4.69, 9.17) is 4.84 Å². The van der Waals surface area contributed by atoms with Gasteiger partial charge in [0.15, 0.2) is 0 Å². The molecule has 6 nitrogen and oxygen atoms in total. The lowest BCUT2D eigenvalue weighted by atomic mass is 10.2. The Bertz CT molecular complexity index is 939. The number of hydrogen-bond acceptors (Lipinski definition) is 5. The molecule has 1 aromatic heterocycles. The fraction of sp³-hybridized carbons (Fsp3) is 0.250. The van der Waals surface area contributed by atoms with E-state index in [-0.39, 0.29) is 5.95 Å². The highest BCUT2D eigenvalue weighted by atomic mass is 79.9. The van der Waals surface area contributed by atoms with Crippen molar-refractivity contribution in [2.24, 2.45) is 0 Å². The number of halogens is 1. The summed E-state index contributed by atoms with van der Waals surface area (Å²) < 4.78 is 2.24. The zero-order chi connectivity index (χ0) is 19.2. The summed E-state index contributed by atoms with van der Waals surface area (Å²) in [5.41, 5.74) is 2.48. The molecule has 0 aliphatic carbocycles. The first-order valence-electron chi connectivity index (χ1n) is 8.75. The molecule has 0 aliphatic rings. The van der Waals surface area contributed by atoms with Crippen molar-refractivity contribution in [2.75, 3.05) is 18.2 Å². The molecule has 27 heavy (non-hydrogen) atoms. The Labute approximate surface area is 166 Å². The number of anilines is 1. The van der Waals surface area contributed by atoms with Gasteiger partial charge in [0, 0.05) is 11.0 Å². The molecule has 0 saturated carbocycles. The maximum atomic E-state index is 12.6. The second-order valence-electron chi connectivity index (χ2n) is 5.98. The van der Waals surface area contributed by atoms with E-state index >= 15 is 0 Å². The van der Waals surface area contributed by atoms with Crippen molar-refractivity contribution in [3.05, 3.63) is 80.9 Å². The maximum absolute atomic E-state index is 12.6. The van der Waals surface area contributed by atoms with E-state index in [9.17, 15) is 4.79 Å². The minimum Gasteiger partial charge on any atom is -0.270 e. The Hall–Kier alpha value is -2.51. The molecule has 0 bridgehead atoms. The summed E-state index contributed by atoms with van der Waals surface area (Å²) in [6.45, 7) is 4.88. The SMILES string of the molecule is CCN(OCCc1ccccc1)c1ncn(-c2c(C)cccc2Br)c(=O)n1. The van der Waals surface area contributed by atoms with Crippen LogP contribution >= 0.6 is 15.9 Å². The molecule has 7 heteroatoms. The molecule has 2 aromatic carbocycles. The zero-order valence-corrected chi connectivity index (χ0v) is 16.9. The van der Waals surface area contributed by atoms with E-state index in [0.717, 1.165) is 22.1 Å². The van der Waals surface area contributed by atoms with Crippen LogP contribution in [0.25, 0.3) is 5.69 Å². The van der Waals surface area contributed by atoms with Crippen molar-refractivity contribution in [1.82, 2.24) is 14.5 Å². The van der Waals surface area contributed by atoms with Crippen LogP contribution < -0.4 is 10.8 Å². The first-order valence-corrected chi connectivity index (χ1v) is 9.55. The van der Waals surface area contributed by atoms with Crippen LogP contribution in [0.3, 0.4) is 0 Å². The lowest BCUT2D eigenvalue weighted by Crippen LogP contribution is -2.31. The van der Waals surface area contributed by atoms with E-state index in [1.165, 1.54) is 16.5 Å². The highest BCUT2D eigenvalue weighted by Crippen LogP contribution is 2.23. The Balaban J connectivity index is 1.76. The molecule has 3 rings (SSSR count). The van der Waals surface area contributed by atoms with Crippen LogP contribution in [0.2, 0.25) is 0 Å². The molecule has 0 aliphatic heterocycles. The average molecular weight is 429 g/mol. The number of rotatable bonds is 7. The largest absolute Gasteiger partial charge is 0.356 e. The highest BCUT2D eigenvalue weighted by molar-refractivity contribution is 9.10. The van der Waals surface area contributed by atoms with Gasteiger partial charge in [0.2, 0.25) is 0 Å². The van der Waals surface area contributed by atoms with Gasteiger partial charge < -0.3 is 0 Å². The third kappa shape index (κ3) is 4.61. The molecule has 0 atom stereocenters. The first-order chi connectivity index (χ1) is 13.1. The van der Waals surface area contributed by atoms with Crippen molar-refractivity contribution in [2.45, 2.75) is 20.3 Å². The fourth-order valence-corrected chi connectivity index (χ4v) is 3.39. The quantitative estimate of drug-likeness (QED) is 0.536. The average Bonchev–Trinajstić information content (AvgIpc) is 2.67. The van der Waals surface area contributed by atoms with E-state index in [1.54, 1.807) is 5.06 Å². The van der Waals surface area contributed by atoms with Crippen molar-refractivity contribution in [3.8, 4) is 5.69 Å². The van der Waals surface area contributed by atoms with Crippen molar-refractivity contribution in [1.29, 1.82) is 0 Å². The minimum absolute atomic E-state index is 0.261. The van der Waals surface area contributed by atoms with Crippen LogP contribution in [-0.4, -0.2) is 27.7 Å². The molecular weight excluding hydrogens is 408 g/mol. The Kier molecular flexibility index (Phi) is 6.36. The predicted molar refractivity (Wildman–Crippen MR) is 109 cm³/mol. The van der Waals surface area contributed by atoms with Gasteiger partial charge in [-0.25, -0.2) is 19.4 Å². The number of aromatic nitrogens is 3. The molecule has 0 saturated heterocycles. The van der Waals surface area contributed by atoms with Crippen molar-refractivity contribution in [3.63, 3.8) is 0 Å². The van der Waals surface area contributed by atoms with Gasteiger partial charge in [-0.15, -0.1) is 0 Å². The third-order valence-corrected chi connectivity index (χ3v) is 4.75. The molecule has 3 aromatic rings. The summed E-state index contributed by atoms with van der Waals surface area (Å²) in [5, 5.41) is 1.54. The summed E-state index contributed by atoms with van der Waals surface area (Å²) in [6, 6.07) is 15.8. The van der Waals surface area contributed by atoms with Gasteiger partial charge in [0.05, 0.1) is 12.3 Å². The molecule has 0 amide bonds. The molecule has 0 fully saturated rings. The summed E-state index contributed by atoms with van der Waals surface area (Å²) in [4.78, 5) is 26.8. The van der Waals surface area contributed by atoms with Gasteiger partial charge in [-0.05, 0) is 53.4 Å². The minimum atomic E-state index is -0.403. The van der Waals surface area contributed by atoms with Crippen LogP contribution in [0.4, 0.5) is 5.95 Å². The van der Waals surface area contributed by atoms with Gasteiger partial charge in [0.1, 0.15) is 6.33 Å². The van der Waals surface area contributed by atoms with E-state index in [0.29, 0.717) is 13.2 Å². The predicted octanol–water partition coefficient (Wildman–Crippen LogP) is 3.70. The third-order valence-electron chi connectivity index (χ3n) is 4.11. The second kappa shape index (κ2) is 8.92. The van der Waals surface area contributed by atoms with Gasteiger partial charge >= 0.3 is 5.69 Å². The van der Waals surface area contributed by atoms with Crippen molar-refractivity contribution < 1.29 is 4.84 Å². The van der Waals surface area contributed by atoms with Crippen LogP contribution in [0.15, 0.2) is 64.1 Å². The van der Waals surface area contributed by atoms with Crippen LogP contribution in [0.1, 0.15) is 18.1 Å². The van der Waals surface area contributed by atoms with E-state index in [1.807, 2.05) is 50.2 Å². The number of nitrogens with zero attached hydrogens (tertiary/aromatic N) is 4. The van der Waals surface area contributed by atoms with Gasteiger partial charge in [-0.3, -0.25) is 4.84 Å². The first kappa shape index (κ1) is 19.3. The number of benzene rings is 2. The van der Waals surface area contributed by atoms with E-state index < -0.39 is 5.69 Å². The molecule has 1 heterocycles. The lowest BCUT2D eigenvalue weighted by molar-refractivity contribution is 0.109. The Morgan fingerprint density at radius 1 is 1.15 bits per heavy atom. The Morgan fingerprint density at radius 3 is 2.59 bits per heavy atom. The monoisotopic (exact) mass is 428 g/mol. The van der Waals surface area contributed by atoms with Crippen molar-refractivity contribution >= 4 is 21.9 Å². The van der Waals surface area contributed by atoms with Gasteiger partial charge in [-0.1, -0.05) is 42.5 Å². The topological polar surface area (TPSA) is 60.2 Å². The highest BCUT2D eigenvalue weighted by Gasteiger charge is 2.13. The number of hydrogen-bond donors (Lipinski definition) is 0. The van der Waals surface area contributed by atoms with E-state index in [2.05, 4.69) is 38.0 Å². The Morgan fingerprint density at radius 2 is 1.93 bits per heavy atom. The number of aryl methyl sites for hydroxylation is 1. The van der Waals surface area contributed by atoms with Crippen LogP contribution in [0.5, 0.6) is 0 Å². The second-order valence-corrected chi connectivity index (χ2v) is 6.83.